The van der Waals surface area contributed by atoms with Gasteiger partial charge in [0.15, 0.2) is 0 Å². The minimum Gasteiger partial charge on any atom is -0.491 e. The Hall–Kier alpha value is -1.62. The van der Waals surface area contributed by atoms with E-state index >= 15 is 0 Å². The number of thiophene rings is 1. The van der Waals surface area contributed by atoms with Gasteiger partial charge in [-0.25, -0.2) is 0 Å². The highest BCUT2D eigenvalue weighted by Crippen LogP contribution is 2.42. The molecule has 0 saturated heterocycles. The van der Waals surface area contributed by atoms with Crippen LogP contribution in [0.25, 0.3) is 21.9 Å². The fourth-order valence-electron chi connectivity index (χ4n) is 2.82. The third-order valence-corrected chi connectivity index (χ3v) is 4.90. The lowest BCUT2D eigenvalue weighted by atomic mass is 10.0. The first-order valence-electron chi connectivity index (χ1n) is 8.32. The molecule has 0 radical (unpaired) electrons. The Kier molecular flexibility index (Phi) is 5.72. The van der Waals surface area contributed by atoms with Crippen LogP contribution in [0.1, 0.15) is 25.3 Å². The predicted octanol–water partition coefficient (Wildman–Crippen LogP) is 5.17. The van der Waals surface area contributed by atoms with Crippen molar-refractivity contribution in [3.8, 4) is 16.9 Å². The van der Waals surface area contributed by atoms with Gasteiger partial charge in [-0.1, -0.05) is 26.0 Å². The van der Waals surface area contributed by atoms with Crippen molar-refractivity contribution in [2.75, 3.05) is 33.5 Å². The second-order valence-electron chi connectivity index (χ2n) is 6.17. The lowest BCUT2D eigenvalue weighted by Gasteiger charge is -2.09. The summed E-state index contributed by atoms with van der Waals surface area (Å²) in [5.41, 5.74) is 3.77. The van der Waals surface area contributed by atoms with Crippen LogP contribution >= 0.6 is 11.3 Å². The van der Waals surface area contributed by atoms with E-state index in [0.29, 0.717) is 32.3 Å². The fourth-order valence-corrected chi connectivity index (χ4v) is 3.62. The van der Waals surface area contributed by atoms with E-state index in [1.807, 2.05) is 0 Å². The standard InChI is InChI=1S/C20H24O3S/c1-14(2)15-4-5-19(23-9-8-22-7-6-21-3)20-16(10-15)11-17-12-24-13-18(17)20/h4-5,10-14H,6-9H2,1-3H3. The van der Waals surface area contributed by atoms with Gasteiger partial charge in [-0.15, -0.1) is 0 Å². The summed E-state index contributed by atoms with van der Waals surface area (Å²) in [5.74, 6) is 1.42. The first-order valence-corrected chi connectivity index (χ1v) is 9.27. The van der Waals surface area contributed by atoms with Crippen LogP contribution in [0.3, 0.4) is 0 Å². The summed E-state index contributed by atoms with van der Waals surface area (Å²) in [6, 6.07) is 8.81. The molecule has 4 heteroatoms. The van der Waals surface area contributed by atoms with Crippen molar-refractivity contribution in [2.45, 2.75) is 19.8 Å². The lowest BCUT2D eigenvalue weighted by molar-refractivity contribution is 0.0545. The molecule has 2 aliphatic carbocycles. The molecule has 0 fully saturated rings. The maximum absolute atomic E-state index is 6.07. The summed E-state index contributed by atoms with van der Waals surface area (Å²) in [7, 11) is 1.67. The Morgan fingerprint density at radius 2 is 1.83 bits per heavy atom. The third-order valence-electron chi connectivity index (χ3n) is 4.14. The number of hydrogen-bond acceptors (Lipinski definition) is 4. The van der Waals surface area contributed by atoms with Crippen LogP contribution in [0.15, 0.2) is 35.0 Å². The molecule has 3 nitrogen and oxygen atoms in total. The zero-order valence-electron chi connectivity index (χ0n) is 14.5. The van der Waals surface area contributed by atoms with Gasteiger partial charge in [0, 0.05) is 18.1 Å². The molecule has 0 aromatic carbocycles. The number of fused-ring (bicyclic) bond motifs is 3. The largest absolute Gasteiger partial charge is 0.491 e. The average molecular weight is 344 g/mol. The highest BCUT2D eigenvalue weighted by molar-refractivity contribution is 7.09. The van der Waals surface area contributed by atoms with Gasteiger partial charge < -0.3 is 14.2 Å². The third kappa shape index (κ3) is 3.72. The van der Waals surface area contributed by atoms with E-state index in [9.17, 15) is 0 Å². The smallest absolute Gasteiger partial charge is 0.127 e. The quantitative estimate of drug-likeness (QED) is 0.528. The number of methoxy groups -OCH3 is 1. The van der Waals surface area contributed by atoms with Crippen molar-refractivity contribution in [2.24, 2.45) is 0 Å². The topological polar surface area (TPSA) is 27.7 Å². The Morgan fingerprint density at radius 1 is 1.00 bits per heavy atom. The van der Waals surface area contributed by atoms with Crippen LogP contribution in [0.4, 0.5) is 0 Å². The Balaban J connectivity index is 1.85. The van der Waals surface area contributed by atoms with Gasteiger partial charge in [-0.05, 0) is 45.3 Å². The molecule has 0 amide bonds. The number of hydrogen-bond donors (Lipinski definition) is 0. The molecule has 128 valence electrons. The van der Waals surface area contributed by atoms with Crippen LogP contribution in [0.5, 0.6) is 5.75 Å². The molecule has 1 aromatic heterocycles. The van der Waals surface area contributed by atoms with Crippen LogP contribution in [0, 0.1) is 0 Å². The Morgan fingerprint density at radius 3 is 2.62 bits per heavy atom. The average Bonchev–Trinajstić information content (AvgIpc) is 3.08. The normalized spacial score (nSPS) is 11.7. The van der Waals surface area contributed by atoms with E-state index in [1.54, 1.807) is 18.4 Å². The maximum Gasteiger partial charge on any atom is 0.127 e. The molecule has 1 aromatic rings. The highest BCUT2D eigenvalue weighted by Gasteiger charge is 2.16. The zero-order valence-corrected chi connectivity index (χ0v) is 15.3. The first kappa shape index (κ1) is 17.2. The SMILES string of the molecule is COCCOCCOc1ccc(C(C)C)cc2cc3cscc3c1-2. The van der Waals surface area contributed by atoms with E-state index in [2.05, 4.69) is 48.9 Å². The molecular formula is C20H24O3S. The molecule has 3 rings (SSSR count). The summed E-state index contributed by atoms with van der Waals surface area (Å²) in [5, 5.41) is 6.96. The minimum atomic E-state index is 0.484. The van der Waals surface area contributed by atoms with E-state index in [4.69, 9.17) is 14.2 Å². The van der Waals surface area contributed by atoms with Gasteiger partial charge in [0.2, 0.25) is 0 Å². The summed E-state index contributed by atoms with van der Waals surface area (Å²) in [6.45, 7) is 6.75. The van der Waals surface area contributed by atoms with E-state index in [-0.39, 0.29) is 0 Å². The summed E-state index contributed by atoms with van der Waals surface area (Å²) in [6.07, 6.45) is 0. The second-order valence-corrected chi connectivity index (χ2v) is 6.91. The summed E-state index contributed by atoms with van der Waals surface area (Å²) >= 11 is 1.73. The van der Waals surface area contributed by atoms with Crippen LogP contribution in [0.2, 0.25) is 0 Å². The minimum absolute atomic E-state index is 0.484. The molecule has 0 N–H and O–H groups in total. The number of ether oxygens (including phenoxy) is 3. The molecule has 0 spiro atoms. The van der Waals surface area contributed by atoms with Gasteiger partial charge in [-0.2, -0.15) is 11.3 Å². The number of rotatable bonds is 8. The van der Waals surface area contributed by atoms with Gasteiger partial charge in [-0.3, -0.25) is 0 Å². The molecule has 0 unspecified atom stereocenters. The van der Waals surface area contributed by atoms with Crippen molar-refractivity contribution >= 4 is 22.1 Å². The van der Waals surface area contributed by atoms with Crippen LogP contribution in [-0.2, 0) is 9.47 Å². The van der Waals surface area contributed by atoms with E-state index in [0.717, 1.165) is 5.75 Å². The summed E-state index contributed by atoms with van der Waals surface area (Å²) in [4.78, 5) is 0. The van der Waals surface area contributed by atoms with Crippen molar-refractivity contribution < 1.29 is 14.2 Å². The van der Waals surface area contributed by atoms with Crippen molar-refractivity contribution in [3.05, 3.63) is 40.6 Å². The van der Waals surface area contributed by atoms with Crippen LogP contribution in [-0.4, -0.2) is 33.5 Å². The monoisotopic (exact) mass is 344 g/mol. The van der Waals surface area contributed by atoms with Crippen molar-refractivity contribution in [1.29, 1.82) is 0 Å². The summed E-state index contributed by atoms with van der Waals surface area (Å²) < 4.78 is 16.5. The molecule has 24 heavy (non-hydrogen) atoms. The highest BCUT2D eigenvalue weighted by atomic mass is 32.1. The Labute approximate surface area is 147 Å². The van der Waals surface area contributed by atoms with Crippen LogP contribution < -0.4 is 4.74 Å². The molecule has 2 aliphatic rings. The fraction of sp³-hybridized carbons (Fsp3) is 0.400. The molecular weight excluding hydrogens is 320 g/mol. The van der Waals surface area contributed by atoms with Crippen molar-refractivity contribution in [3.63, 3.8) is 0 Å². The molecule has 0 saturated carbocycles. The zero-order chi connectivity index (χ0) is 16.9. The second kappa shape index (κ2) is 7.97. The molecule has 1 heterocycles. The maximum atomic E-state index is 6.07. The first-order chi connectivity index (χ1) is 11.7. The van der Waals surface area contributed by atoms with Gasteiger partial charge in [0.1, 0.15) is 12.4 Å². The van der Waals surface area contributed by atoms with E-state index in [1.165, 1.54) is 27.5 Å². The molecule has 0 atom stereocenters. The molecule has 0 aliphatic heterocycles. The van der Waals surface area contributed by atoms with Gasteiger partial charge >= 0.3 is 0 Å². The molecule has 0 bridgehead atoms. The lowest BCUT2D eigenvalue weighted by Crippen LogP contribution is -2.10. The van der Waals surface area contributed by atoms with E-state index < -0.39 is 0 Å². The van der Waals surface area contributed by atoms with Gasteiger partial charge in [0.25, 0.3) is 0 Å². The van der Waals surface area contributed by atoms with Gasteiger partial charge in [0.05, 0.1) is 19.8 Å². The predicted molar refractivity (Wildman–Crippen MR) is 101 cm³/mol. The Bertz CT molecular complexity index is 763. The van der Waals surface area contributed by atoms with Crippen molar-refractivity contribution in [1.82, 2.24) is 0 Å².